The van der Waals surface area contributed by atoms with Gasteiger partial charge in [-0.05, 0) is 30.9 Å². The highest BCUT2D eigenvalue weighted by Crippen LogP contribution is 2.26. The van der Waals surface area contributed by atoms with Crippen molar-refractivity contribution >= 4 is 0 Å². The zero-order valence-corrected chi connectivity index (χ0v) is 12.1. The van der Waals surface area contributed by atoms with Crippen LogP contribution in [0.3, 0.4) is 0 Å². The van der Waals surface area contributed by atoms with Crippen molar-refractivity contribution in [3.63, 3.8) is 0 Å². The van der Waals surface area contributed by atoms with Gasteiger partial charge in [-0.3, -0.25) is 9.67 Å². The third kappa shape index (κ3) is 3.36. The molecule has 0 saturated carbocycles. The number of pyridine rings is 1. The van der Waals surface area contributed by atoms with E-state index < -0.39 is 0 Å². The van der Waals surface area contributed by atoms with E-state index in [1.54, 1.807) is 19.5 Å². The molecule has 0 saturated heterocycles. The van der Waals surface area contributed by atoms with Gasteiger partial charge in [0.25, 0.3) is 0 Å². The average molecular weight is 274 g/mol. The lowest BCUT2D eigenvalue weighted by Gasteiger charge is -2.15. The Morgan fingerprint density at radius 1 is 1.40 bits per heavy atom. The minimum Gasteiger partial charge on any atom is -0.493 e. The molecule has 5 heteroatoms. The Bertz CT molecular complexity index is 524. The summed E-state index contributed by atoms with van der Waals surface area (Å²) in [6.45, 7) is 2.98. The number of nitrogens with zero attached hydrogens (tertiary/aromatic N) is 3. The van der Waals surface area contributed by atoms with Crippen molar-refractivity contribution < 1.29 is 4.74 Å². The van der Waals surface area contributed by atoms with Crippen LogP contribution in [0.2, 0.25) is 0 Å². The summed E-state index contributed by atoms with van der Waals surface area (Å²) in [6.07, 6.45) is 8.17. The van der Waals surface area contributed by atoms with Crippen molar-refractivity contribution in [3.05, 3.63) is 42.0 Å². The first kappa shape index (κ1) is 14.5. The Labute approximate surface area is 119 Å². The van der Waals surface area contributed by atoms with E-state index in [1.807, 2.05) is 16.9 Å². The molecule has 0 aliphatic rings. The molecule has 0 aromatic carbocycles. The highest BCUT2D eigenvalue weighted by atomic mass is 16.5. The van der Waals surface area contributed by atoms with Crippen molar-refractivity contribution in [2.75, 3.05) is 7.11 Å². The van der Waals surface area contributed by atoms with Crippen LogP contribution in [0, 0.1) is 0 Å². The molecule has 0 fully saturated rings. The summed E-state index contributed by atoms with van der Waals surface area (Å²) >= 11 is 0. The standard InChI is InChI=1S/C15H22N4O/c1-3-9-19-15(14(20-2)11-18-19)13(16)7-6-12-5-4-8-17-10-12/h4-5,8,10-11,13H,3,6-7,9,16H2,1-2H3. The SMILES string of the molecule is CCCn1ncc(OC)c1C(N)CCc1cccnc1. The molecule has 0 bridgehead atoms. The molecule has 2 rings (SSSR count). The summed E-state index contributed by atoms with van der Waals surface area (Å²) in [5, 5.41) is 4.35. The molecular formula is C15H22N4O. The molecule has 2 heterocycles. The predicted molar refractivity (Wildman–Crippen MR) is 78.6 cm³/mol. The number of hydrogen-bond donors (Lipinski definition) is 1. The highest BCUT2D eigenvalue weighted by molar-refractivity contribution is 5.28. The van der Waals surface area contributed by atoms with Gasteiger partial charge in [-0.2, -0.15) is 5.10 Å². The molecule has 5 nitrogen and oxygen atoms in total. The van der Waals surface area contributed by atoms with Gasteiger partial charge in [0.1, 0.15) is 0 Å². The lowest BCUT2D eigenvalue weighted by molar-refractivity contribution is 0.398. The first-order chi connectivity index (χ1) is 9.76. The first-order valence-corrected chi connectivity index (χ1v) is 7.00. The zero-order valence-electron chi connectivity index (χ0n) is 12.1. The summed E-state index contributed by atoms with van der Waals surface area (Å²) in [4.78, 5) is 4.12. The van der Waals surface area contributed by atoms with Gasteiger partial charge in [0.15, 0.2) is 5.75 Å². The Morgan fingerprint density at radius 2 is 2.25 bits per heavy atom. The topological polar surface area (TPSA) is 66.0 Å². The molecule has 0 aliphatic heterocycles. The van der Waals surface area contributed by atoms with Gasteiger partial charge < -0.3 is 10.5 Å². The Morgan fingerprint density at radius 3 is 2.90 bits per heavy atom. The van der Waals surface area contributed by atoms with Gasteiger partial charge in [0.2, 0.25) is 0 Å². The average Bonchev–Trinajstić information content (AvgIpc) is 2.89. The summed E-state index contributed by atoms with van der Waals surface area (Å²) in [7, 11) is 1.66. The number of hydrogen-bond acceptors (Lipinski definition) is 4. The van der Waals surface area contributed by atoms with Gasteiger partial charge in [0, 0.05) is 18.9 Å². The number of aromatic nitrogens is 3. The second-order valence-corrected chi connectivity index (χ2v) is 4.83. The fourth-order valence-corrected chi connectivity index (χ4v) is 2.30. The second-order valence-electron chi connectivity index (χ2n) is 4.83. The van der Waals surface area contributed by atoms with Gasteiger partial charge >= 0.3 is 0 Å². The van der Waals surface area contributed by atoms with Crippen LogP contribution in [0.25, 0.3) is 0 Å². The molecule has 0 amide bonds. The quantitative estimate of drug-likeness (QED) is 0.841. The van der Waals surface area contributed by atoms with Crippen LogP contribution in [0.4, 0.5) is 0 Å². The van der Waals surface area contributed by atoms with Crippen molar-refractivity contribution in [2.24, 2.45) is 5.73 Å². The van der Waals surface area contributed by atoms with E-state index in [4.69, 9.17) is 10.5 Å². The molecule has 0 aliphatic carbocycles. The molecule has 2 N–H and O–H groups in total. The van der Waals surface area contributed by atoms with Crippen LogP contribution in [0.5, 0.6) is 5.75 Å². The normalized spacial score (nSPS) is 12.3. The molecule has 108 valence electrons. The van der Waals surface area contributed by atoms with Crippen molar-refractivity contribution in [2.45, 2.75) is 38.8 Å². The van der Waals surface area contributed by atoms with Crippen LogP contribution in [0.1, 0.15) is 37.1 Å². The fraction of sp³-hybridized carbons (Fsp3) is 0.467. The first-order valence-electron chi connectivity index (χ1n) is 7.00. The van der Waals surface area contributed by atoms with E-state index in [1.165, 1.54) is 5.56 Å². The summed E-state index contributed by atoms with van der Waals surface area (Å²) in [6, 6.07) is 3.93. The Hall–Kier alpha value is -1.88. The fourth-order valence-electron chi connectivity index (χ4n) is 2.30. The molecule has 0 spiro atoms. The maximum Gasteiger partial charge on any atom is 0.161 e. The van der Waals surface area contributed by atoms with Crippen molar-refractivity contribution in [1.82, 2.24) is 14.8 Å². The molecular weight excluding hydrogens is 252 g/mol. The number of nitrogens with two attached hydrogens (primary N) is 1. The Kier molecular flexibility index (Phi) is 5.12. The van der Waals surface area contributed by atoms with Crippen LogP contribution in [-0.2, 0) is 13.0 Å². The van der Waals surface area contributed by atoms with E-state index in [0.29, 0.717) is 0 Å². The summed E-state index contributed by atoms with van der Waals surface area (Å²) < 4.78 is 7.32. The third-order valence-corrected chi connectivity index (χ3v) is 3.32. The van der Waals surface area contributed by atoms with Gasteiger partial charge in [-0.1, -0.05) is 13.0 Å². The number of aryl methyl sites for hydroxylation is 2. The van der Waals surface area contributed by atoms with Crippen LogP contribution in [-0.4, -0.2) is 21.9 Å². The Balaban J connectivity index is 2.08. The van der Waals surface area contributed by atoms with Gasteiger partial charge in [0.05, 0.1) is 25.0 Å². The number of methoxy groups -OCH3 is 1. The molecule has 1 atom stereocenters. The lowest BCUT2D eigenvalue weighted by Crippen LogP contribution is -2.18. The second kappa shape index (κ2) is 7.05. The maximum atomic E-state index is 6.33. The van der Waals surface area contributed by atoms with Crippen molar-refractivity contribution in [3.8, 4) is 5.75 Å². The van der Waals surface area contributed by atoms with Crippen molar-refractivity contribution in [1.29, 1.82) is 0 Å². The number of ether oxygens (including phenoxy) is 1. The third-order valence-electron chi connectivity index (χ3n) is 3.32. The van der Waals surface area contributed by atoms with Crippen LogP contribution >= 0.6 is 0 Å². The monoisotopic (exact) mass is 274 g/mol. The minimum absolute atomic E-state index is 0.0841. The van der Waals surface area contributed by atoms with E-state index >= 15 is 0 Å². The summed E-state index contributed by atoms with van der Waals surface area (Å²) in [5.74, 6) is 0.775. The molecule has 20 heavy (non-hydrogen) atoms. The van der Waals surface area contributed by atoms with E-state index in [2.05, 4.69) is 23.1 Å². The maximum absolute atomic E-state index is 6.33. The molecule has 0 radical (unpaired) electrons. The molecule has 1 unspecified atom stereocenters. The van der Waals surface area contributed by atoms with Gasteiger partial charge in [-0.15, -0.1) is 0 Å². The van der Waals surface area contributed by atoms with E-state index in [-0.39, 0.29) is 6.04 Å². The van der Waals surface area contributed by atoms with Gasteiger partial charge in [-0.25, -0.2) is 0 Å². The lowest BCUT2D eigenvalue weighted by atomic mass is 10.0. The highest BCUT2D eigenvalue weighted by Gasteiger charge is 2.18. The van der Waals surface area contributed by atoms with E-state index in [9.17, 15) is 0 Å². The van der Waals surface area contributed by atoms with Crippen LogP contribution < -0.4 is 10.5 Å². The zero-order chi connectivity index (χ0) is 14.4. The molecule has 2 aromatic heterocycles. The largest absolute Gasteiger partial charge is 0.493 e. The molecule has 2 aromatic rings. The van der Waals surface area contributed by atoms with Crippen LogP contribution in [0.15, 0.2) is 30.7 Å². The van der Waals surface area contributed by atoms with E-state index in [0.717, 1.165) is 37.3 Å². The summed E-state index contributed by atoms with van der Waals surface area (Å²) in [5.41, 5.74) is 8.52. The minimum atomic E-state index is -0.0841. The smallest absolute Gasteiger partial charge is 0.161 e. The predicted octanol–water partition coefficient (Wildman–Crippen LogP) is 2.33. The number of rotatable bonds is 7.